The molecular formula is C56H85B2Br2Cl3N6O11S. The number of nitrogens with zero attached hydrogens (tertiary/aromatic N) is 3. The first-order valence-corrected chi connectivity index (χ1v) is 32.3. The zero-order valence-electron chi connectivity index (χ0n) is 48.7. The minimum Gasteiger partial charge on any atom is -0.481 e. The Morgan fingerprint density at radius 2 is 0.975 bits per heavy atom. The number of nitrogens with one attached hydrogen (secondary N) is 2. The molecule has 3 aromatic rings. The number of benzene rings is 3. The molecule has 2 radical (unpaired) electrons. The fourth-order valence-corrected chi connectivity index (χ4v) is 10.00. The lowest BCUT2D eigenvalue weighted by Gasteiger charge is -2.26. The van der Waals surface area contributed by atoms with Crippen molar-refractivity contribution in [2.45, 2.75) is 130 Å². The Balaban J connectivity index is 0.000000620. The maximum atomic E-state index is 12.3. The minimum atomic E-state index is -3.52. The van der Waals surface area contributed by atoms with Gasteiger partial charge in [0.15, 0.2) is 0 Å². The molecule has 0 aliphatic heterocycles. The molecule has 17 nitrogen and oxygen atoms in total. The molecule has 0 unspecified atom stereocenters. The Labute approximate surface area is 516 Å². The maximum Gasteiger partial charge on any atom is 0.307 e. The fraction of sp³-hybridized carbons (Fsp3) is 0.589. The van der Waals surface area contributed by atoms with E-state index in [1.807, 2.05) is 70.7 Å². The first-order valence-electron chi connectivity index (χ1n) is 26.7. The number of halogens is 5. The molecule has 0 spiro atoms. The largest absolute Gasteiger partial charge is 0.481 e. The van der Waals surface area contributed by atoms with Crippen LogP contribution in [0.15, 0.2) is 54.6 Å². The highest BCUT2D eigenvalue weighted by Gasteiger charge is 2.24. The average Bonchev–Trinajstić information content (AvgIpc) is 3.35. The molecule has 25 heteroatoms. The Kier molecular flexibility index (Phi) is 37.3. The summed E-state index contributed by atoms with van der Waals surface area (Å²) in [7, 11) is -0.918. The Morgan fingerprint density at radius 3 is 1.27 bits per heavy atom. The molecule has 452 valence electrons. The van der Waals surface area contributed by atoms with E-state index in [-0.39, 0.29) is 55.9 Å². The molecule has 0 aromatic heterocycles. The first kappa shape index (κ1) is 75.6. The average molecular weight is 1340 g/mol. The van der Waals surface area contributed by atoms with Crippen molar-refractivity contribution in [2.24, 2.45) is 5.73 Å². The summed E-state index contributed by atoms with van der Waals surface area (Å²) in [6.07, 6.45) is 4.24. The summed E-state index contributed by atoms with van der Waals surface area (Å²) in [6, 6.07) is 17.4. The van der Waals surface area contributed by atoms with Crippen molar-refractivity contribution in [3.8, 4) is 0 Å². The van der Waals surface area contributed by atoms with Gasteiger partial charge >= 0.3 is 17.9 Å². The van der Waals surface area contributed by atoms with Crippen LogP contribution in [0.5, 0.6) is 0 Å². The minimum absolute atomic E-state index is 0.00997. The standard InChI is InChI=1S/C21H33BClN2O6S.C20H30BBrClN2O3.C15H22BrClN2O2/c1-16-6-7-19(25(9-8-23)10-11-30-32(5,28)29)13-17(16)12-18(24-22-15-26)14-20(27)31-21(2,3)4;1-15-5-6-18(25(9-7-22)10-8-23)12-16(15)11-17(24-21-14-26)13-19(27)28-20(2,3)4;1-11-2-3-14(19(6-4-16)7-5-17)9-12(11)8-13(18)10-15(20)21/h6-7,13,15,18,24H,8-12,14H2,1-5H3;5-6,12,14,17,24H,7-11,13H2,1-4H3;2-3,9,13H,4-8,10,18H2,1H3,(H,20,21)/t18-;17-;13-/m000/s1. The van der Waals surface area contributed by atoms with Gasteiger partial charge in [-0.25, -0.2) is 0 Å². The molecule has 0 saturated heterocycles. The van der Waals surface area contributed by atoms with E-state index in [9.17, 15) is 32.4 Å². The van der Waals surface area contributed by atoms with Crippen LogP contribution < -0.4 is 30.9 Å². The topological polar surface area (TPSA) is 227 Å². The van der Waals surface area contributed by atoms with E-state index >= 15 is 0 Å². The number of nitrogens with two attached hydrogens (primary N) is 1. The van der Waals surface area contributed by atoms with Crippen LogP contribution in [-0.4, -0.2) is 168 Å². The van der Waals surface area contributed by atoms with Crippen LogP contribution in [0.3, 0.4) is 0 Å². The van der Waals surface area contributed by atoms with E-state index < -0.39 is 27.3 Å². The summed E-state index contributed by atoms with van der Waals surface area (Å²) in [6.45, 7) is 21.1. The lowest BCUT2D eigenvalue weighted by molar-refractivity contribution is -0.156. The Bertz CT molecular complexity index is 2490. The van der Waals surface area contributed by atoms with Crippen molar-refractivity contribution in [2.75, 3.05) is 95.1 Å². The van der Waals surface area contributed by atoms with E-state index in [0.29, 0.717) is 62.4 Å². The third-order valence-corrected chi connectivity index (χ3v) is 13.7. The number of rotatable bonds is 35. The highest BCUT2D eigenvalue weighted by Crippen LogP contribution is 2.25. The first-order chi connectivity index (χ1) is 38.0. The predicted octanol–water partition coefficient (Wildman–Crippen LogP) is 8.31. The number of ether oxygens (including phenoxy) is 2. The quantitative estimate of drug-likeness (QED) is 0.0143. The van der Waals surface area contributed by atoms with Crippen LogP contribution in [-0.2, 0) is 67.0 Å². The number of aryl methyl sites for hydroxylation is 3. The summed E-state index contributed by atoms with van der Waals surface area (Å²) in [5, 5.41) is 16.5. The van der Waals surface area contributed by atoms with Crippen molar-refractivity contribution < 1.29 is 51.2 Å². The van der Waals surface area contributed by atoms with Crippen molar-refractivity contribution in [1.82, 2.24) is 10.5 Å². The van der Waals surface area contributed by atoms with Crippen LogP contribution in [0.2, 0.25) is 0 Å². The van der Waals surface area contributed by atoms with Crippen LogP contribution >= 0.6 is 66.7 Å². The van der Waals surface area contributed by atoms with Crippen molar-refractivity contribution in [3.05, 3.63) is 88.0 Å². The van der Waals surface area contributed by atoms with E-state index in [2.05, 4.69) is 82.4 Å². The second-order valence-corrected chi connectivity index (χ2v) is 25.5. The maximum absolute atomic E-state index is 12.3. The van der Waals surface area contributed by atoms with Crippen LogP contribution in [0.4, 0.5) is 17.1 Å². The Morgan fingerprint density at radius 1 is 0.630 bits per heavy atom. The molecular weight excluding hydrogens is 1250 g/mol. The zero-order valence-corrected chi connectivity index (χ0v) is 55.0. The zero-order chi connectivity index (χ0) is 61.3. The lowest BCUT2D eigenvalue weighted by atomic mass is 9.91. The Hall–Kier alpha value is -3.44. The number of hydrogen-bond donors (Lipinski definition) is 4. The molecule has 5 N–H and O–H groups in total. The van der Waals surface area contributed by atoms with Gasteiger partial charge in [-0.2, -0.15) is 8.42 Å². The number of carboxylic acid groups (broad SMARTS) is 1. The number of alkyl halides is 5. The number of carbonyl (C=O) groups is 5. The molecule has 81 heavy (non-hydrogen) atoms. The number of hydrogen-bond acceptors (Lipinski definition) is 16. The summed E-state index contributed by atoms with van der Waals surface area (Å²) in [5.41, 5.74) is 14.3. The van der Waals surface area contributed by atoms with E-state index in [0.717, 1.165) is 93.5 Å². The van der Waals surface area contributed by atoms with Crippen LogP contribution in [0.1, 0.15) is 94.2 Å². The van der Waals surface area contributed by atoms with Gasteiger partial charge in [-0.3, -0.25) is 18.6 Å². The van der Waals surface area contributed by atoms with Gasteiger partial charge in [-0.05, 0) is 151 Å². The number of carboxylic acids is 1. The monoisotopic (exact) mass is 1330 g/mol. The lowest BCUT2D eigenvalue weighted by Crippen LogP contribution is -2.38. The molecule has 3 rings (SSSR count). The molecule has 0 amide bonds. The van der Waals surface area contributed by atoms with Crippen LogP contribution in [0, 0.1) is 20.8 Å². The highest BCUT2D eigenvalue weighted by molar-refractivity contribution is 9.09. The number of aliphatic carboxylic acids is 1. The summed E-state index contributed by atoms with van der Waals surface area (Å²) >= 11 is 24.7. The summed E-state index contributed by atoms with van der Waals surface area (Å²) < 4.78 is 38.2. The van der Waals surface area contributed by atoms with Crippen molar-refractivity contribution in [3.63, 3.8) is 0 Å². The SMILES string of the molecule is Cc1ccc(N(CCCl)CCBr)cc1C[C@@H](CC(=O)OC(C)(C)C)N[B]C=O.Cc1ccc(N(CCCl)CCBr)cc1C[C@H](N)CC(=O)O.Cc1ccc(N(CCCl)CCOS(C)(=O)=O)cc1C[C@@H](CC(=O)OC(C)(C)C)N[B]C=O. The highest BCUT2D eigenvalue weighted by atomic mass is 79.9. The second-order valence-electron chi connectivity index (χ2n) is 21.1. The number of carbonyl (C=O) groups excluding carboxylic acids is 4. The van der Waals surface area contributed by atoms with E-state index in [1.165, 1.54) is 14.8 Å². The van der Waals surface area contributed by atoms with Crippen molar-refractivity contribution >= 4 is 139 Å². The molecule has 0 heterocycles. The molecule has 0 fully saturated rings. The predicted molar refractivity (Wildman–Crippen MR) is 342 cm³/mol. The summed E-state index contributed by atoms with van der Waals surface area (Å²) in [5.74, 6) is -0.0355. The number of esters is 2. The molecule has 0 bridgehead atoms. The van der Waals surface area contributed by atoms with Gasteiger partial charge in [0, 0.05) is 103 Å². The fourth-order valence-electron chi connectivity index (χ4n) is 8.15. The molecule has 0 aliphatic carbocycles. The van der Waals surface area contributed by atoms with E-state index in [1.54, 1.807) is 20.8 Å². The van der Waals surface area contributed by atoms with Gasteiger partial charge in [0.1, 0.15) is 11.2 Å². The third kappa shape index (κ3) is 34.2. The van der Waals surface area contributed by atoms with E-state index in [4.69, 9.17) is 59.3 Å². The van der Waals surface area contributed by atoms with Gasteiger partial charge in [0.2, 0.25) is 0 Å². The third-order valence-electron chi connectivity index (χ3n) is 11.8. The van der Waals surface area contributed by atoms with Gasteiger partial charge in [0.05, 0.1) is 44.5 Å². The van der Waals surface area contributed by atoms with Gasteiger partial charge < -0.3 is 55.1 Å². The second kappa shape index (κ2) is 40.0. The molecule has 3 aromatic carbocycles. The molecule has 0 saturated carbocycles. The smallest absolute Gasteiger partial charge is 0.307 e. The van der Waals surface area contributed by atoms with Gasteiger partial charge in [0.25, 0.3) is 24.9 Å². The summed E-state index contributed by atoms with van der Waals surface area (Å²) in [4.78, 5) is 63.3. The molecule has 3 atom stereocenters. The van der Waals surface area contributed by atoms with Gasteiger partial charge in [-0.1, -0.05) is 50.1 Å². The van der Waals surface area contributed by atoms with Gasteiger partial charge in [-0.15, -0.1) is 34.8 Å². The number of anilines is 3. The van der Waals surface area contributed by atoms with Crippen molar-refractivity contribution in [1.29, 1.82) is 0 Å². The normalized spacial score (nSPS) is 12.5. The molecule has 0 aliphatic rings. The van der Waals surface area contributed by atoms with Crippen LogP contribution in [0.25, 0.3) is 0 Å².